The molecule has 0 unspecified atom stereocenters. The molecule has 3 nitrogen and oxygen atoms in total. The average Bonchev–Trinajstić information content (AvgIpc) is 2.85. The standard InChI is InChI=1S/C14H13BrO3S/c1-2-10-4-5-11(19-10)8-18-13-7-9(14(16)17)3-6-12(13)15/h3-7H,2,8H2,1H3,(H,16,17). The molecule has 1 aromatic carbocycles. The van der Waals surface area contributed by atoms with Crippen molar-refractivity contribution >= 4 is 33.2 Å². The summed E-state index contributed by atoms with van der Waals surface area (Å²) < 4.78 is 6.43. The van der Waals surface area contributed by atoms with Gasteiger partial charge in [0.25, 0.3) is 0 Å². The van der Waals surface area contributed by atoms with Gasteiger partial charge in [0.2, 0.25) is 0 Å². The summed E-state index contributed by atoms with van der Waals surface area (Å²) in [5.74, 6) is -0.409. The molecule has 1 aromatic heterocycles. The summed E-state index contributed by atoms with van der Waals surface area (Å²) in [6.45, 7) is 2.57. The number of ether oxygens (including phenoxy) is 1. The topological polar surface area (TPSA) is 46.5 Å². The number of rotatable bonds is 5. The molecule has 0 aliphatic rings. The van der Waals surface area contributed by atoms with E-state index >= 15 is 0 Å². The highest BCUT2D eigenvalue weighted by Crippen LogP contribution is 2.28. The summed E-state index contributed by atoms with van der Waals surface area (Å²) >= 11 is 5.07. The van der Waals surface area contributed by atoms with Crippen molar-refractivity contribution in [2.24, 2.45) is 0 Å². The van der Waals surface area contributed by atoms with Gasteiger partial charge >= 0.3 is 5.97 Å². The van der Waals surface area contributed by atoms with Crippen molar-refractivity contribution in [2.45, 2.75) is 20.0 Å². The number of hydrogen-bond donors (Lipinski definition) is 1. The molecule has 0 spiro atoms. The lowest BCUT2D eigenvalue weighted by molar-refractivity contribution is 0.0696. The van der Waals surface area contributed by atoms with Crippen LogP contribution in [0.1, 0.15) is 27.0 Å². The van der Waals surface area contributed by atoms with E-state index in [4.69, 9.17) is 9.84 Å². The van der Waals surface area contributed by atoms with Crippen molar-refractivity contribution in [2.75, 3.05) is 0 Å². The molecule has 0 bridgehead atoms. The molecular weight excluding hydrogens is 328 g/mol. The maximum atomic E-state index is 10.9. The molecule has 0 aliphatic carbocycles. The fraction of sp³-hybridized carbons (Fsp3) is 0.214. The number of carboxylic acids is 1. The van der Waals surface area contributed by atoms with Gasteiger partial charge < -0.3 is 9.84 Å². The van der Waals surface area contributed by atoms with E-state index in [1.165, 1.54) is 10.9 Å². The van der Waals surface area contributed by atoms with Gasteiger partial charge in [0.15, 0.2) is 0 Å². The molecule has 5 heteroatoms. The Balaban J connectivity index is 2.10. The predicted molar refractivity (Wildman–Crippen MR) is 79.1 cm³/mol. The number of aryl methyl sites for hydroxylation is 1. The second kappa shape index (κ2) is 6.21. The molecule has 2 aromatic rings. The lowest BCUT2D eigenvalue weighted by Crippen LogP contribution is -1.99. The molecule has 0 radical (unpaired) electrons. The van der Waals surface area contributed by atoms with Crippen LogP contribution >= 0.6 is 27.3 Å². The van der Waals surface area contributed by atoms with Gasteiger partial charge in [-0.05, 0) is 52.7 Å². The maximum absolute atomic E-state index is 10.9. The van der Waals surface area contributed by atoms with Crippen LogP contribution in [0.25, 0.3) is 0 Å². The first-order chi connectivity index (χ1) is 9.10. The van der Waals surface area contributed by atoms with Crippen LogP contribution in [-0.2, 0) is 13.0 Å². The van der Waals surface area contributed by atoms with Gasteiger partial charge in [-0.1, -0.05) is 6.92 Å². The largest absolute Gasteiger partial charge is 0.487 e. The summed E-state index contributed by atoms with van der Waals surface area (Å²) in [5, 5.41) is 8.95. The summed E-state index contributed by atoms with van der Waals surface area (Å²) in [4.78, 5) is 13.4. The van der Waals surface area contributed by atoms with Crippen LogP contribution in [0.4, 0.5) is 0 Å². The van der Waals surface area contributed by atoms with E-state index in [1.807, 2.05) is 6.07 Å². The monoisotopic (exact) mass is 340 g/mol. The Morgan fingerprint density at radius 2 is 2.05 bits per heavy atom. The van der Waals surface area contributed by atoms with Crippen molar-refractivity contribution in [3.8, 4) is 5.75 Å². The minimum Gasteiger partial charge on any atom is -0.487 e. The zero-order chi connectivity index (χ0) is 13.8. The van der Waals surface area contributed by atoms with Crippen LogP contribution in [0.5, 0.6) is 5.75 Å². The molecule has 2 rings (SSSR count). The van der Waals surface area contributed by atoms with Crippen LogP contribution in [0, 0.1) is 0 Å². The number of thiophene rings is 1. The van der Waals surface area contributed by atoms with E-state index in [1.54, 1.807) is 23.5 Å². The predicted octanol–water partition coefficient (Wildman–Crippen LogP) is 4.35. The Morgan fingerprint density at radius 3 is 2.68 bits per heavy atom. The summed E-state index contributed by atoms with van der Waals surface area (Å²) in [6.07, 6.45) is 1.02. The highest BCUT2D eigenvalue weighted by Gasteiger charge is 2.08. The van der Waals surface area contributed by atoms with Crippen LogP contribution < -0.4 is 4.74 Å². The molecular formula is C14H13BrO3S. The molecule has 0 aliphatic heterocycles. The van der Waals surface area contributed by atoms with Gasteiger partial charge in [-0.15, -0.1) is 11.3 Å². The van der Waals surface area contributed by atoms with E-state index in [-0.39, 0.29) is 5.56 Å². The van der Waals surface area contributed by atoms with Crippen molar-refractivity contribution in [1.82, 2.24) is 0 Å². The molecule has 0 atom stereocenters. The number of benzene rings is 1. The van der Waals surface area contributed by atoms with Gasteiger partial charge in [-0.2, -0.15) is 0 Å². The van der Waals surface area contributed by atoms with E-state index in [0.29, 0.717) is 12.4 Å². The Morgan fingerprint density at radius 1 is 1.32 bits per heavy atom. The van der Waals surface area contributed by atoms with Crippen molar-refractivity contribution in [3.63, 3.8) is 0 Å². The van der Waals surface area contributed by atoms with Crippen LogP contribution in [0.15, 0.2) is 34.8 Å². The van der Waals surface area contributed by atoms with Crippen LogP contribution in [0.2, 0.25) is 0 Å². The maximum Gasteiger partial charge on any atom is 0.335 e. The SMILES string of the molecule is CCc1ccc(COc2cc(C(=O)O)ccc2Br)s1. The number of carboxylic acid groups (broad SMARTS) is 1. The Hall–Kier alpha value is -1.33. The third-order valence-corrected chi connectivity index (χ3v) is 4.47. The summed E-state index contributed by atoms with van der Waals surface area (Å²) in [7, 11) is 0. The molecule has 0 amide bonds. The number of hydrogen-bond acceptors (Lipinski definition) is 3. The number of aromatic carboxylic acids is 1. The first kappa shape index (κ1) is 14.1. The molecule has 0 saturated heterocycles. The van der Waals surface area contributed by atoms with Crippen LogP contribution in [0.3, 0.4) is 0 Å². The van der Waals surface area contributed by atoms with Crippen LogP contribution in [-0.4, -0.2) is 11.1 Å². The number of halogens is 1. The van der Waals surface area contributed by atoms with E-state index < -0.39 is 5.97 Å². The molecule has 0 saturated carbocycles. The zero-order valence-corrected chi connectivity index (χ0v) is 12.8. The van der Waals surface area contributed by atoms with Gasteiger partial charge in [-0.25, -0.2) is 4.79 Å². The van der Waals surface area contributed by atoms with E-state index in [9.17, 15) is 4.79 Å². The fourth-order valence-corrected chi connectivity index (χ4v) is 2.82. The fourth-order valence-electron chi connectivity index (χ4n) is 1.59. The first-order valence-corrected chi connectivity index (χ1v) is 7.44. The Labute approximate surface area is 124 Å². The zero-order valence-electron chi connectivity index (χ0n) is 10.4. The quantitative estimate of drug-likeness (QED) is 0.879. The second-order valence-corrected chi connectivity index (χ2v) is 6.07. The van der Waals surface area contributed by atoms with Gasteiger partial charge in [-0.3, -0.25) is 0 Å². The average molecular weight is 341 g/mol. The third-order valence-electron chi connectivity index (χ3n) is 2.61. The van der Waals surface area contributed by atoms with Gasteiger partial charge in [0.1, 0.15) is 12.4 Å². The Bertz CT molecular complexity index is 592. The minimum absolute atomic E-state index is 0.221. The van der Waals surface area contributed by atoms with Crippen molar-refractivity contribution in [1.29, 1.82) is 0 Å². The second-order valence-electron chi connectivity index (χ2n) is 3.96. The minimum atomic E-state index is -0.957. The molecule has 0 fully saturated rings. The smallest absolute Gasteiger partial charge is 0.335 e. The lowest BCUT2D eigenvalue weighted by Gasteiger charge is -2.07. The van der Waals surface area contributed by atoms with Crippen molar-refractivity contribution < 1.29 is 14.6 Å². The molecule has 100 valence electrons. The lowest BCUT2D eigenvalue weighted by atomic mass is 10.2. The third kappa shape index (κ3) is 3.58. The van der Waals surface area contributed by atoms with E-state index in [0.717, 1.165) is 15.8 Å². The first-order valence-electron chi connectivity index (χ1n) is 5.83. The molecule has 1 N–H and O–H groups in total. The molecule has 19 heavy (non-hydrogen) atoms. The highest BCUT2D eigenvalue weighted by molar-refractivity contribution is 9.10. The van der Waals surface area contributed by atoms with Gasteiger partial charge in [0, 0.05) is 9.75 Å². The summed E-state index contributed by atoms with van der Waals surface area (Å²) in [6, 6.07) is 8.88. The van der Waals surface area contributed by atoms with Crippen molar-refractivity contribution in [3.05, 3.63) is 50.1 Å². The highest BCUT2D eigenvalue weighted by atomic mass is 79.9. The molecule has 1 heterocycles. The number of carbonyl (C=O) groups is 1. The van der Waals surface area contributed by atoms with E-state index in [2.05, 4.69) is 28.9 Å². The normalized spacial score (nSPS) is 10.4. The Kier molecular flexibility index (Phi) is 4.61. The van der Waals surface area contributed by atoms with Gasteiger partial charge in [0.05, 0.1) is 10.0 Å². The summed E-state index contributed by atoms with van der Waals surface area (Å²) in [5.41, 5.74) is 0.221.